The van der Waals surface area contributed by atoms with Crippen LogP contribution >= 0.6 is 23.2 Å². The molecule has 0 saturated heterocycles. The van der Waals surface area contributed by atoms with E-state index in [-0.39, 0.29) is 0 Å². The predicted octanol–water partition coefficient (Wildman–Crippen LogP) is 2.96. The third-order valence-corrected chi connectivity index (χ3v) is 4.37. The maximum Gasteiger partial charge on any atom is 0.237 e. The smallest absolute Gasteiger partial charge is 0.237 e. The minimum atomic E-state index is 0.429. The number of halogens is 2. The first-order valence-corrected chi connectivity index (χ1v) is 7.80. The Labute approximate surface area is 142 Å². The second kappa shape index (κ2) is 5.44. The molecular weight excluding hydrogens is 333 g/mol. The van der Waals surface area contributed by atoms with Gasteiger partial charge in [0.05, 0.1) is 16.3 Å². The number of rotatable bonds is 1. The van der Waals surface area contributed by atoms with E-state index < -0.39 is 0 Å². The van der Waals surface area contributed by atoms with Crippen molar-refractivity contribution in [3.63, 3.8) is 0 Å². The topological polar surface area (TPSA) is 46.6 Å². The summed E-state index contributed by atoms with van der Waals surface area (Å²) in [5, 5.41) is 9.31. The number of pyridine rings is 1. The van der Waals surface area contributed by atoms with Gasteiger partial charge in [-0.1, -0.05) is 35.3 Å². The lowest BCUT2D eigenvalue weighted by atomic mass is 10.0. The van der Waals surface area contributed by atoms with Crippen molar-refractivity contribution in [3.05, 3.63) is 70.0 Å². The summed E-state index contributed by atoms with van der Waals surface area (Å²) in [4.78, 5) is 4.55. The molecule has 1 aliphatic rings. The van der Waals surface area contributed by atoms with Gasteiger partial charge in [-0.3, -0.25) is 4.57 Å². The highest BCUT2D eigenvalue weighted by molar-refractivity contribution is 6.35. The van der Waals surface area contributed by atoms with Gasteiger partial charge in [0.15, 0.2) is 5.69 Å². The molecule has 1 aliphatic heterocycles. The standard InChI is InChI=1S/C16H12Cl2N5/c1-22-8-14-21-19-9-23(14)12-6-7-13(18)20-15(12)16(22)10-4-2-3-5-11(10)17/h2-7,9H,8H2,1H3/q+1. The summed E-state index contributed by atoms with van der Waals surface area (Å²) in [6.07, 6.45) is 1.69. The number of nitrogens with zero attached hydrogens (tertiary/aromatic N) is 5. The van der Waals surface area contributed by atoms with Crippen LogP contribution in [0.15, 0.2) is 42.7 Å². The van der Waals surface area contributed by atoms with Crippen molar-refractivity contribution in [2.24, 2.45) is 0 Å². The molecule has 0 saturated carbocycles. The van der Waals surface area contributed by atoms with Crippen LogP contribution in [-0.4, -0.2) is 37.1 Å². The van der Waals surface area contributed by atoms with E-state index in [4.69, 9.17) is 23.2 Å². The highest BCUT2D eigenvalue weighted by Crippen LogP contribution is 2.26. The third kappa shape index (κ3) is 2.33. The third-order valence-electron chi connectivity index (χ3n) is 3.83. The van der Waals surface area contributed by atoms with Gasteiger partial charge in [-0.15, -0.1) is 10.2 Å². The highest BCUT2D eigenvalue weighted by atomic mass is 35.5. The SMILES string of the molecule is C[N+]1=C(c2ccccc2Cl)c2nc(Cl)ccc2-n2cnnc2C1. The fourth-order valence-electron chi connectivity index (χ4n) is 2.82. The zero-order valence-corrected chi connectivity index (χ0v) is 13.8. The summed E-state index contributed by atoms with van der Waals surface area (Å²) in [6.45, 7) is 0.592. The molecule has 7 heteroatoms. The highest BCUT2D eigenvalue weighted by Gasteiger charge is 2.30. The molecule has 0 aliphatic carbocycles. The molecule has 0 unspecified atom stereocenters. The van der Waals surface area contributed by atoms with Crippen LogP contribution in [0.25, 0.3) is 5.69 Å². The lowest BCUT2D eigenvalue weighted by Gasteiger charge is -2.09. The van der Waals surface area contributed by atoms with Gasteiger partial charge in [-0.05, 0) is 24.3 Å². The first kappa shape index (κ1) is 14.4. The average molecular weight is 345 g/mol. The van der Waals surface area contributed by atoms with Crippen molar-refractivity contribution < 1.29 is 4.58 Å². The summed E-state index contributed by atoms with van der Waals surface area (Å²) in [6, 6.07) is 11.4. The quantitative estimate of drug-likeness (QED) is 0.503. The van der Waals surface area contributed by atoms with Gasteiger partial charge in [0.1, 0.15) is 18.5 Å². The van der Waals surface area contributed by atoms with E-state index in [1.807, 2.05) is 41.9 Å². The maximum absolute atomic E-state index is 6.42. The molecule has 0 bridgehead atoms. The largest absolute Gasteiger partial charge is 0.278 e. The Balaban J connectivity index is 2.07. The van der Waals surface area contributed by atoms with Gasteiger partial charge in [0.25, 0.3) is 0 Å². The Morgan fingerprint density at radius 2 is 1.96 bits per heavy atom. The molecule has 0 fully saturated rings. The van der Waals surface area contributed by atoms with Crippen LogP contribution < -0.4 is 0 Å². The molecule has 0 amide bonds. The Kier molecular flexibility index (Phi) is 3.39. The van der Waals surface area contributed by atoms with Crippen LogP contribution in [0.3, 0.4) is 0 Å². The van der Waals surface area contributed by atoms with E-state index >= 15 is 0 Å². The Morgan fingerprint density at radius 1 is 1.13 bits per heavy atom. The Morgan fingerprint density at radius 3 is 2.78 bits per heavy atom. The van der Waals surface area contributed by atoms with Gasteiger partial charge in [0.2, 0.25) is 18.1 Å². The molecule has 114 valence electrons. The van der Waals surface area contributed by atoms with Crippen LogP contribution in [0.5, 0.6) is 0 Å². The predicted molar refractivity (Wildman–Crippen MR) is 88.7 cm³/mol. The van der Waals surface area contributed by atoms with Crippen LogP contribution in [-0.2, 0) is 6.54 Å². The molecule has 4 rings (SSSR count). The molecular formula is C16H12Cl2N5+. The zero-order valence-electron chi connectivity index (χ0n) is 12.2. The molecule has 3 aromatic rings. The first-order chi connectivity index (χ1) is 11.1. The molecule has 2 aromatic heterocycles. The molecule has 0 atom stereocenters. The second-order valence-electron chi connectivity index (χ2n) is 5.30. The van der Waals surface area contributed by atoms with Gasteiger partial charge in [-0.2, -0.15) is 0 Å². The van der Waals surface area contributed by atoms with Crippen LogP contribution in [0.1, 0.15) is 17.1 Å². The van der Waals surface area contributed by atoms with Crippen LogP contribution in [0.2, 0.25) is 10.2 Å². The molecule has 1 aromatic carbocycles. The van der Waals surface area contributed by atoms with E-state index in [1.165, 1.54) is 0 Å². The van der Waals surface area contributed by atoms with Crippen molar-refractivity contribution in [1.82, 2.24) is 19.7 Å². The second-order valence-corrected chi connectivity index (χ2v) is 6.10. The van der Waals surface area contributed by atoms with Crippen LogP contribution in [0, 0.1) is 0 Å². The molecule has 0 radical (unpaired) electrons. The summed E-state index contributed by atoms with van der Waals surface area (Å²) < 4.78 is 4.00. The van der Waals surface area contributed by atoms with Crippen molar-refractivity contribution in [2.45, 2.75) is 6.54 Å². The van der Waals surface area contributed by atoms with Crippen molar-refractivity contribution in [1.29, 1.82) is 0 Å². The number of fused-ring (bicyclic) bond motifs is 3. The number of benzene rings is 1. The molecule has 5 nitrogen and oxygen atoms in total. The number of hydrogen-bond donors (Lipinski definition) is 0. The van der Waals surface area contributed by atoms with E-state index in [0.29, 0.717) is 16.7 Å². The summed E-state index contributed by atoms with van der Waals surface area (Å²) >= 11 is 12.6. The van der Waals surface area contributed by atoms with Gasteiger partial charge < -0.3 is 0 Å². The van der Waals surface area contributed by atoms with E-state index in [2.05, 4.69) is 19.8 Å². The van der Waals surface area contributed by atoms with E-state index in [0.717, 1.165) is 28.5 Å². The Bertz CT molecular complexity index is 945. The number of aromatic nitrogens is 4. The Hall–Kier alpha value is -2.24. The van der Waals surface area contributed by atoms with Crippen molar-refractivity contribution in [2.75, 3.05) is 7.05 Å². The lowest BCUT2D eigenvalue weighted by molar-refractivity contribution is -0.514. The van der Waals surface area contributed by atoms with Gasteiger partial charge in [-0.25, -0.2) is 9.56 Å². The molecule has 3 heterocycles. The van der Waals surface area contributed by atoms with E-state index in [9.17, 15) is 0 Å². The molecule has 0 N–H and O–H groups in total. The minimum absolute atomic E-state index is 0.429. The summed E-state index contributed by atoms with van der Waals surface area (Å²) in [7, 11) is 1.98. The monoisotopic (exact) mass is 344 g/mol. The van der Waals surface area contributed by atoms with Crippen LogP contribution in [0.4, 0.5) is 0 Å². The fraction of sp³-hybridized carbons (Fsp3) is 0.125. The normalized spacial score (nSPS) is 13.5. The fourth-order valence-corrected chi connectivity index (χ4v) is 3.20. The average Bonchev–Trinajstić information content (AvgIpc) is 2.94. The van der Waals surface area contributed by atoms with Crippen molar-refractivity contribution in [3.8, 4) is 5.69 Å². The zero-order chi connectivity index (χ0) is 16.0. The van der Waals surface area contributed by atoms with E-state index in [1.54, 1.807) is 12.4 Å². The summed E-state index contributed by atoms with van der Waals surface area (Å²) in [5.74, 6) is 0.833. The summed E-state index contributed by atoms with van der Waals surface area (Å²) in [5.41, 5.74) is 3.46. The molecule has 23 heavy (non-hydrogen) atoms. The minimum Gasteiger partial charge on any atom is -0.278 e. The maximum atomic E-state index is 6.42. The van der Waals surface area contributed by atoms with Gasteiger partial charge in [0, 0.05) is 0 Å². The van der Waals surface area contributed by atoms with Crippen molar-refractivity contribution >= 4 is 28.9 Å². The number of hydrogen-bond acceptors (Lipinski definition) is 3. The first-order valence-electron chi connectivity index (χ1n) is 7.04. The molecule has 0 spiro atoms. The lowest BCUT2D eigenvalue weighted by Crippen LogP contribution is -2.20. The van der Waals surface area contributed by atoms with Gasteiger partial charge >= 0.3 is 0 Å².